The summed E-state index contributed by atoms with van der Waals surface area (Å²) in [4.78, 5) is 34.7. The molecule has 0 radical (unpaired) electrons. The molecule has 0 spiro atoms. The van der Waals surface area contributed by atoms with Gasteiger partial charge in [0, 0.05) is 23.2 Å². The lowest BCUT2D eigenvalue weighted by molar-refractivity contribution is -0.265. The van der Waals surface area contributed by atoms with Gasteiger partial charge in [0.05, 0.1) is 28.1 Å². The molecule has 6 N–H and O–H groups in total. The number of pyridine rings is 1. The predicted octanol–water partition coefficient (Wildman–Crippen LogP) is 4.11. The molecular weight excluding hydrogens is 630 g/mol. The van der Waals surface area contributed by atoms with E-state index in [1.807, 2.05) is 0 Å². The van der Waals surface area contributed by atoms with Crippen molar-refractivity contribution in [3.63, 3.8) is 0 Å². The van der Waals surface area contributed by atoms with Crippen LogP contribution in [-0.4, -0.2) is 63.5 Å². The predicted molar refractivity (Wildman–Crippen MR) is 163 cm³/mol. The normalized spacial score (nSPS) is 17.7. The molecule has 0 aliphatic carbocycles. The number of nitrogens with one attached hydrogen (secondary N) is 2. The fourth-order valence-electron chi connectivity index (χ4n) is 4.99. The van der Waals surface area contributed by atoms with Gasteiger partial charge in [-0.05, 0) is 75.7 Å². The van der Waals surface area contributed by atoms with Crippen LogP contribution in [0.2, 0.25) is 0 Å². The van der Waals surface area contributed by atoms with Crippen LogP contribution in [-0.2, 0) is 15.8 Å². The lowest BCUT2D eigenvalue weighted by Crippen LogP contribution is -2.52. The first-order valence-electron chi connectivity index (χ1n) is 14.0. The molecule has 46 heavy (non-hydrogen) atoms. The third kappa shape index (κ3) is 6.09. The number of carbonyl (C=O) groups is 2. The average molecular weight is 662 g/mol. The molecule has 0 saturated carbocycles. The Morgan fingerprint density at radius 2 is 1.78 bits per heavy atom. The lowest BCUT2D eigenvalue weighted by atomic mass is 9.81. The van der Waals surface area contributed by atoms with Crippen LogP contribution < -0.4 is 21.1 Å². The maximum atomic E-state index is 14.8. The highest BCUT2D eigenvalue weighted by Gasteiger charge is 2.58. The van der Waals surface area contributed by atoms with Crippen molar-refractivity contribution < 1.29 is 42.1 Å². The van der Waals surface area contributed by atoms with Gasteiger partial charge in [-0.15, -0.1) is 0 Å². The first-order valence-corrected chi connectivity index (χ1v) is 14.8. The van der Waals surface area contributed by atoms with E-state index in [4.69, 9.17) is 10.5 Å². The SMILES string of the molecule is Cc1cc(-c2nc(C(O)(CNC(=O)c3ccc4nc(N)sc4c3)C(F)(F)F)cc3c2OC[C@]3(C)C(=O)NCC(C)(C)O)ccc1F. The molecule has 2 aromatic heterocycles. The van der Waals surface area contributed by atoms with Crippen LogP contribution in [0.25, 0.3) is 21.5 Å². The summed E-state index contributed by atoms with van der Waals surface area (Å²) >= 11 is 1.09. The minimum absolute atomic E-state index is 0.00881. The molecule has 0 fully saturated rings. The second-order valence-corrected chi connectivity index (χ2v) is 13.2. The number of hydrogen-bond donors (Lipinski definition) is 5. The minimum atomic E-state index is -5.37. The number of rotatable bonds is 8. The Kier molecular flexibility index (Phi) is 8.24. The molecule has 15 heteroatoms. The Balaban J connectivity index is 1.60. The number of fused-ring (bicyclic) bond motifs is 2. The molecule has 10 nitrogen and oxygen atoms in total. The van der Waals surface area contributed by atoms with Crippen molar-refractivity contribution in [2.24, 2.45) is 0 Å². The fraction of sp³-hybridized carbons (Fsp3) is 0.355. The van der Waals surface area contributed by atoms with E-state index < -0.39 is 52.7 Å². The molecular formula is C31H31F4N5O5S. The highest BCUT2D eigenvalue weighted by molar-refractivity contribution is 7.22. The third-order valence-corrected chi connectivity index (χ3v) is 8.60. The molecule has 2 amide bonds. The van der Waals surface area contributed by atoms with Crippen LogP contribution in [0.15, 0.2) is 42.5 Å². The minimum Gasteiger partial charge on any atom is -0.489 e. The number of benzene rings is 2. The van der Waals surface area contributed by atoms with Crippen molar-refractivity contribution in [3.8, 4) is 17.0 Å². The van der Waals surface area contributed by atoms with E-state index in [1.54, 1.807) is 0 Å². The molecule has 4 aromatic rings. The highest BCUT2D eigenvalue weighted by atomic mass is 32.1. The number of anilines is 1. The van der Waals surface area contributed by atoms with E-state index in [0.717, 1.165) is 23.5 Å². The summed E-state index contributed by atoms with van der Waals surface area (Å²) in [6, 6.07) is 8.96. The number of thiazole rings is 1. The van der Waals surface area contributed by atoms with Crippen molar-refractivity contribution in [1.29, 1.82) is 0 Å². The lowest BCUT2D eigenvalue weighted by Gasteiger charge is -2.32. The summed E-state index contributed by atoms with van der Waals surface area (Å²) in [6.07, 6.45) is -5.37. The fourth-order valence-corrected chi connectivity index (χ4v) is 5.77. The standard InChI is InChI=1S/C31H31F4N5O5S/c1-15-9-16(5-7-19(15)32)23-24-18(29(4,14-45-24)26(42)38-12-28(2,3)43)11-22(40-23)30(44,31(33,34)35)13-37-25(41)17-6-8-20-21(10-17)46-27(36)39-20/h5-11,43-44H,12-14H2,1-4H3,(H2,36,39)(H,37,41)(H,38,42)/t29-,30?/m0/s1. The number of alkyl halides is 3. The van der Waals surface area contributed by atoms with Gasteiger partial charge in [-0.1, -0.05) is 11.3 Å². The number of aliphatic hydroxyl groups is 2. The van der Waals surface area contributed by atoms with Crippen molar-refractivity contribution >= 4 is 38.5 Å². The Bertz CT molecular complexity index is 1860. The molecule has 2 atom stereocenters. The summed E-state index contributed by atoms with van der Waals surface area (Å²) in [6.45, 7) is 4.02. The summed E-state index contributed by atoms with van der Waals surface area (Å²) < 4.78 is 65.0. The Morgan fingerprint density at radius 3 is 2.43 bits per heavy atom. The first kappa shape index (κ1) is 33.0. The van der Waals surface area contributed by atoms with Gasteiger partial charge in [-0.2, -0.15) is 13.2 Å². The number of nitrogen functional groups attached to an aromatic ring is 1. The number of amides is 2. The maximum absolute atomic E-state index is 14.8. The summed E-state index contributed by atoms with van der Waals surface area (Å²) in [5.74, 6) is -2.16. The average Bonchev–Trinajstić information content (AvgIpc) is 3.53. The third-order valence-electron chi connectivity index (χ3n) is 7.75. The van der Waals surface area contributed by atoms with Crippen molar-refractivity contribution in [2.75, 3.05) is 25.4 Å². The Morgan fingerprint density at radius 1 is 1.07 bits per heavy atom. The largest absolute Gasteiger partial charge is 0.489 e. The first-order chi connectivity index (χ1) is 21.3. The van der Waals surface area contributed by atoms with E-state index in [-0.39, 0.29) is 52.0 Å². The zero-order valence-corrected chi connectivity index (χ0v) is 26.0. The van der Waals surface area contributed by atoms with Gasteiger partial charge in [-0.3, -0.25) is 9.59 Å². The van der Waals surface area contributed by atoms with Gasteiger partial charge in [-0.25, -0.2) is 14.4 Å². The monoisotopic (exact) mass is 661 g/mol. The van der Waals surface area contributed by atoms with Crippen LogP contribution in [0.5, 0.6) is 5.75 Å². The van der Waals surface area contributed by atoms with Crippen molar-refractivity contribution in [3.05, 3.63) is 70.7 Å². The summed E-state index contributed by atoms with van der Waals surface area (Å²) in [5.41, 5.74) is -1.17. The van der Waals surface area contributed by atoms with Crippen molar-refractivity contribution in [1.82, 2.24) is 20.6 Å². The van der Waals surface area contributed by atoms with Gasteiger partial charge in [0.1, 0.15) is 29.3 Å². The van der Waals surface area contributed by atoms with Crippen LogP contribution in [0.3, 0.4) is 0 Å². The van der Waals surface area contributed by atoms with Gasteiger partial charge < -0.3 is 31.3 Å². The number of aromatic nitrogens is 2. The smallest absolute Gasteiger partial charge is 0.424 e. The molecule has 2 aromatic carbocycles. The Hall–Kier alpha value is -4.34. The van der Waals surface area contributed by atoms with E-state index in [2.05, 4.69) is 20.6 Å². The molecule has 1 aliphatic heterocycles. The van der Waals surface area contributed by atoms with E-state index in [0.29, 0.717) is 10.2 Å². The van der Waals surface area contributed by atoms with Crippen molar-refractivity contribution in [2.45, 2.75) is 50.5 Å². The van der Waals surface area contributed by atoms with Crippen LogP contribution in [0, 0.1) is 12.7 Å². The summed E-state index contributed by atoms with van der Waals surface area (Å²) in [5, 5.41) is 26.5. The van der Waals surface area contributed by atoms with Gasteiger partial charge in [0.25, 0.3) is 5.91 Å². The number of nitrogens with two attached hydrogens (primary N) is 1. The zero-order chi connectivity index (χ0) is 33.8. The van der Waals surface area contributed by atoms with Gasteiger partial charge >= 0.3 is 6.18 Å². The number of hydrogen-bond acceptors (Lipinski definition) is 9. The van der Waals surface area contributed by atoms with Crippen LogP contribution in [0.1, 0.15) is 48.0 Å². The van der Waals surface area contributed by atoms with Crippen LogP contribution in [0.4, 0.5) is 22.7 Å². The Labute approximate surface area is 264 Å². The molecule has 1 aliphatic rings. The zero-order valence-electron chi connectivity index (χ0n) is 25.2. The number of aryl methyl sites for hydroxylation is 1. The number of nitrogens with zero attached hydrogens (tertiary/aromatic N) is 2. The van der Waals surface area contributed by atoms with Gasteiger partial charge in [0.15, 0.2) is 5.13 Å². The maximum Gasteiger partial charge on any atom is 0.424 e. The van der Waals surface area contributed by atoms with E-state index >= 15 is 0 Å². The topological polar surface area (TPSA) is 160 Å². The summed E-state index contributed by atoms with van der Waals surface area (Å²) in [7, 11) is 0. The molecule has 0 saturated heterocycles. The van der Waals surface area contributed by atoms with Crippen LogP contribution >= 0.6 is 11.3 Å². The molecule has 0 bridgehead atoms. The van der Waals surface area contributed by atoms with Gasteiger partial charge in [0.2, 0.25) is 11.5 Å². The second kappa shape index (κ2) is 11.5. The quantitative estimate of drug-likeness (QED) is 0.177. The highest BCUT2D eigenvalue weighted by Crippen LogP contribution is 2.48. The molecule has 244 valence electrons. The number of carbonyl (C=O) groups excluding carboxylic acids is 2. The number of ether oxygens (including phenoxy) is 1. The molecule has 1 unspecified atom stereocenters. The molecule has 3 heterocycles. The molecule has 5 rings (SSSR count). The second-order valence-electron chi connectivity index (χ2n) is 12.1. The van der Waals surface area contributed by atoms with E-state index in [9.17, 15) is 37.4 Å². The van der Waals surface area contributed by atoms with E-state index in [1.165, 1.54) is 58.0 Å². The number of halogens is 4.